The predicted octanol–water partition coefficient (Wildman–Crippen LogP) is 5.07. The van der Waals surface area contributed by atoms with Crippen molar-refractivity contribution in [1.29, 1.82) is 0 Å². The molecule has 0 bridgehead atoms. The van der Waals surface area contributed by atoms with Gasteiger partial charge in [0.25, 0.3) is 0 Å². The van der Waals surface area contributed by atoms with E-state index in [0.717, 1.165) is 27.8 Å². The van der Waals surface area contributed by atoms with Gasteiger partial charge in [-0.15, -0.1) is 0 Å². The molecule has 0 unspecified atom stereocenters. The molecule has 0 fully saturated rings. The molecule has 4 nitrogen and oxygen atoms in total. The fourth-order valence-corrected chi connectivity index (χ4v) is 3.15. The minimum atomic E-state index is 0.583. The summed E-state index contributed by atoms with van der Waals surface area (Å²) in [5.41, 5.74) is 4.39. The Balaban J connectivity index is 1.66. The summed E-state index contributed by atoms with van der Waals surface area (Å²) in [6, 6.07) is 16.4. The summed E-state index contributed by atoms with van der Waals surface area (Å²) in [7, 11) is 0. The van der Waals surface area contributed by atoms with Crippen molar-refractivity contribution in [3.8, 4) is 0 Å². The lowest BCUT2D eigenvalue weighted by Crippen LogP contribution is -2.20. The van der Waals surface area contributed by atoms with Crippen molar-refractivity contribution in [2.45, 2.75) is 19.9 Å². The molecule has 1 aromatic heterocycles. The average Bonchev–Trinajstić information content (AvgIpc) is 3.00. The lowest BCUT2D eigenvalue weighted by Gasteiger charge is -2.14. The van der Waals surface area contributed by atoms with E-state index in [4.69, 9.17) is 12.2 Å². The molecule has 6 heteroatoms. The molecule has 128 valence electrons. The van der Waals surface area contributed by atoms with Gasteiger partial charge in [-0.3, -0.25) is 4.68 Å². The highest BCUT2D eigenvalue weighted by Crippen LogP contribution is 2.17. The van der Waals surface area contributed by atoms with Gasteiger partial charge in [-0.05, 0) is 63.9 Å². The lowest BCUT2D eigenvalue weighted by atomic mass is 10.1. The molecule has 0 aliphatic carbocycles. The Morgan fingerprint density at radius 1 is 1.16 bits per heavy atom. The van der Waals surface area contributed by atoms with Crippen LogP contribution in [-0.2, 0) is 13.0 Å². The minimum absolute atomic E-state index is 0.583. The van der Waals surface area contributed by atoms with Crippen LogP contribution < -0.4 is 10.6 Å². The summed E-state index contributed by atoms with van der Waals surface area (Å²) >= 11 is 8.87. The first-order chi connectivity index (χ1) is 12.1. The fraction of sp³-hybridized carbons (Fsp3) is 0.158. The Labute approximate surface area is 161 Å². The summed E-state index contributed by atoms with van der Waals surface area (Å²) in [6.45, 7) is 2.84. The number of aryl methyl sites for hydroxylation is 1. The normalized spacial score (nSPS) is 10.5. The van der Waals surface area contributed by atoms with Crippen LogP contribution >= 0.6 is 28.1 Å². The summed E-state index contributed by atoms with van der Waals surface area (Å²) in [5.74, 6) is 0. The number of hydrogen-bond acceptors (Lipinski definition) is 2. The van der Waals surface area contributed by atoms with Crippen molar-refractivity contribution in [3.63, 3.8) is 0 Å². The summed E-state index contributed by atoms with van der Waals surface area (Å²) < 4.78 is 2.86. The van der Waals surface area contributed by atoms with Gasteiger partial charge in [-0.2, -0.15) is 5.10 Å². The number of anilines is 2. The Bertz CT molecular complexity index is 875. The van der Waals surface area contributed by atoms with E-state index in [9.17, 15) is 0 Å². The maximum Gasteiger partial charge on any atom is 0.175 e. The number of rotatable bonds is 5. The van der Waals surface area contributed by atoms with Crippen LogP contribution in [0.5, 0.6) is 0 Å². The molecular weight excluding hydrogens is 396 g/mol. The molecule has 0 aliphatic rings. The second kappa shape index (κ2) is 8.27. The van der Waals surface area contributed by atoms with E-state index >= 15 is 0 Å². The molecule has 2 aromatic carbocycles. The van der Waals surface area contributed by atoms with Crippen molar-refractivity contribution in [2.24, 2.45) is 0 Å². The Kier molecular flexibility index (Phi) is 5.83. The minimum Gasteiger partial charge on any atom is -0.332 e. The van der Waals surface area contributed by atoms with Gasteiger partial charge < -0.3 is 10.6 Å². The number of aromatic nitrogens is 2. The van der Waals surface area contributed by atoms with E-state index in [0.29, 0.717) is 11.7 Å². The SMILES string of the molecule is CCc1ccccc1NC(=S)Nc1cccc(Cn2cc(Br)cn2)c1. The third-order valence-corrected chi connectivity index (χ3v) is 4.39. The zero-order chi connectivity index (χ0) is 17.6. The van der Waals surface area contributed by atoms with E-state index in [2.05, 4.69) is 56.8 Å². The molecule has 1 heterocycles. The van der Waals surface area contributed by atoms with Crippen molar-refractivity contribution >= 4 is 44.6 Å². The van der Waals surface area contributed by atoms with Crippen molar-refractivity contribution in [3.05, 3.63) is 76.5 Å². The van der Waals surface area contributed by atoms with E-state index in [1.807, 2.05) is 41.2 Å². The molecule has 25 heavy (non-hydrogen) atoms. The van der Waals surface area contributed by atoms with Gasteiger partial charge in [-0.25, -0.2) is 0 Å². The summed E-state index contributed by atoms with van der Waals surface area (Å²) in [4.78, 5) is 0. The maximum atomic E-state index is 5.46. The molecule has 0 spiro atoms. The molecule has 0 saturated heterocycles. The molecule has 0 amide bonds. The highest BCUT2D eigenvalue weighted by atomic mass is 79.9. The third-order valence-electron chi connectivity index (χ3n) is 3.78. The number of nitrogens with zero attached hydrogens (tertiary/aromatic N) is 2. The average molecular weight is 415 g/mol. The zero-order valence-electron chi connectivity index (χ0n) is 13.9. The second-order valence-corrected chi connectivity index (χ2v) is 6.97. The Morgan fingerprint density at radius 3 is 2.76 bits per heavy atom. The molecule has 0 radical (unpaired) electrons. The molecule has 0 saturated carbocycles. The van der Waals surface area contributed by atoms with Crippen LogP contribution in [0.1, 0.15) is 18.1 Å². The zero-order valence-corrected chi connectivity index (χ0v) is 16.3. The molecule has 2 N–H and O–H groups in total. The standard InChI is InChI=1S/C19H19BrN4S/c1-2-15-7-3-4-9-18(15)23-19(25)22-17-8-5-6-14(10-17)12-24-13-16(20)11-21-24/h3-11,13H,2,12H2,1H3,(H2,22,23,25). The van der Waals surface area contributed by atoms with Crippen LogP contribution in [0.2, 0.25) is 0 Å². The smallest absolute Gasteiger partial charge is 0.175 e. The quantitative estimate of drug-likeness (QED) is 0.572. The first-order valence-corrected chi connectivity index (χ1v) is 9.27. The maximum absolute atomic E-state index is 5.46. The van der Waals surface area contributed by atoms with E-state index in [1.165, 1.54) is 5.56 Å². The largest absolute Gasteiger partial charge is 0.332 e. The number of para-hydroxylation sites is 1. The first kappa shape index (κ1) is 17.6. The van der Waals surface area contributed by atoms with Gasteiger partial charge in [0.1, 0.15) is 0 Å². The van der Waals surface area contributed by atoms with Gasteiger partial charge in [-0.1, -0.05) is 37.3 Å². The van der Waals surface area contributed by atoms with E-state index in [1.54, 1.807) is 6.20 Å². The summed E-state index contributed by atoms with van der Waals surface area (Å²) in [5, 5.41) is 11.4. The van der Waals surface area contributed by atoms with Crippen molar-refractivity contribution in [2.75, 3.05) is 10.6 Å². The van der Waals surface area contributed by atoms with Gasteiger partial charge in [0.05, 0.1) is 17.2 Å². The number of hydrogen-bond donors (Lipinski definition) is 2. The lowest BCUT2D eigenvalue weighted by molar-refractivity contribution is 0.687. The number of halogens is 1. The van der Waals surface area contributed by atoms with Crippen LogP contribution in [-0.4, -0.2) is 14.9 Å². The molecule has 3 rings (SSSR count). The topological polar surface area (TPSA) is 41.9 Å². The highest BCUT2D eigenvalue weighted by molar-refractivity contribution is 9.10. The second-order valence-electron chi connectivity index (χ2n) is 5.65. The van der Waals surface area contributed by atoms with Crippen LogP contribution in [0.3, 0.4) is 0 Å². The van der Waals surface area contributed by atoms with E-state index in [-0.39, 0.29) is 0 Å². The Hall–Kier alpha value is -2.18. The fourth-order valence-electron chi connectivity index (χ4n) is 2.59. The number of thiocarbonyl (C=S) groups is 1. The predicted molar refractivity (Wildman–Crippen MR) is 111 cm³/mol. The van der Waals surface area contributed by atoms with Crippen molar-refractivity contribution in [1.82, 2.24) is 9.78 Å². The third kappa shape index (κ3) is 4.90. The van der Waals surface area contributed by atoms with Gasteiger partial charge >= 0.3 is 0 Å². The number of nitrogens with one attached hydrogen (secondary N) is 2. The van der Waals surface area contributed by atoms with Gasteiger partial charge in [0.2, 0.25) is 0 Å². The van der Waals surface area contributed by atoms with Gasteiger partial charge in [0.15, 0.2) is 5.11 Å². The Morgan fingerprint density at radius 2 is 2.00 bits per heavy atom. The van der Waals surface area contributed by atoms with Crippen LogP contribution in [0, 0.1) is 0 Å². The van der Waals surface area contributed by atoms with Crippen LogP contribution in [0.15, 0.2) is 65.4 Å². The van der Waals surface area contributed by atoms with E-state index < -0.39 is 0 Å². The number of benzene rings is 2. The van der Waals surface area contributed by atoms with Crippen LogP contribution in [0.25, 0.3) is 0 Å². The molecule has 3 aromatic rings. The molecular formula is C19H19BrN4S. The van der Waals surface area contributed by atoms with Gasteiger partial charge in [0, 0.05) is 17.6 Å². The first-order valence-electron chi connectivity index (χ1n) is 8.07. The summed E-state index contributed by atoms with van der Waals surface area (Å²) in [6.07, 6.45) is 4.70. The van der Waals surface area contributed by atoms with Crippen molar-refractivity contribution < 1.29 is 0 Å². The molecule has 0 aliphatic heterocycles. The van der Waals surface area contributed by atoms with Crippen LogP contribution in [0.4, 0.5) is 11.4 Å². The molecule has 0 atom stereocenters. The highest BCUT2D eigenvalue weighted by Gasteiger charge is 2.04. The monoisotopic (exact) mass is 414 g/mol.